The van der Waals surface area contributed by atoms with E-state index < -0.39 is 5.97 Å². The molecule has 0 aliphatic carbocycles. The summed E-state index contributed by atoms with van der Waals surface area (Å²) in [7, 11) is 0. The largest absolute Gasteiger partial charge is 0.478 e. The highest BCUT2D eigenvalue weighted by Gasteiger charge is 2.13. The molecule has 0 bridgehead atoms. The minimum atomic E-state index is -1.03. The summed E-state index contributed by atoms with van der Waals surface area (Å²) in [6.45, 7) is 1.88. The summed E-state index contributed by atoms with van der Waals surface area (Å²) in [5.41, 5.74) is 1.72. The second kappa shape index (κ2) is 5.20. The molecule has 3 aromatic rings. The van der Waals surface area contributed by atoms with E-state index in [0.29, 0.717) is 17.0 Å². The maximum Gasteiger partial charge on any atom is 0.339 e. The predicted molar refractivity (Wildman–Crippen MR) is 77.8 cm³/mol. The van der Waals surface area contributed by atoms with Crippen LogP contribution in [-0.2, 0) is 0 Å². The van der Waals surface area contributed by atoms with Gasteiger partial charge in [-0.15, -0.1) is 0 Å². The molecule has 1 N–H and O–H groups in total. The molecule has 104 valence electrons. The Bertz CT molecular complexity index is 825. The first kappa shape index (κ1) is 13.1. The van der Waals surface area contributed by atoms with Crippen molar-refractivity contribution < 1.29 is 14.6 Å². The van der Waals surface area contributed by atoms with E-state index >= 15 is 0 Å². The second-order valence-electron chi connectivity index (χ2n) is 4.63. The molecule has 0 radical (unpaired) electrons. The Morgan fingerprint density at radius 3 is 2.76 bits per heavy atom. The Morgan fingerprint density at radius 2 is 1.95 bits per heavy atom. The van der Waals surface area contributed by atoms with Gasteiger partial charge in [0.05, 0.1) is 11.7 Å². The molecule has 0 spiro atoms. The molecule has 5 nitrogen and oxygen atoms in total. The van der Waals surface area contributed by atoms with Crippen molar-refractivity contribution in [3.8, 4) is 11.5 Å². The zero-order valence-electron chi connectivity index (χ0n) is 11.3. The fraction of sp³-hybridized carbons (Fsp3) is 0.0625. The van der Waals surface area contributed by atoms with Crippen molar-refractivity contribution in [3.05, 3.63) is 59.8 Å². The molecular weight excluding hydrogens is 268 g/mol. The molecule has 0 aliphatic rings. The van der Waals surface area contributed by atoms with Gasteiger partial charge in [0.15, 0.2) is 5.75 Å². The summed E-state index contributed by atoms with van der Waals surface area (Å²) in [6.07, 6.45) is 1.48. The van der Waals surface area contributed by atoms with Crippen molar-refractivity contribution >= 4 is 16.9 Å². The third kappa shape index (κ3) is 2.53. The summed E-state index contributed by atoms with van der Waals surface area (Å²) in [4.78, 5) is 11.3. The Hall–Kier alpha value is -2.95. The Labute approximate surface area is 120 Å². The van der Waals surface area contributed by atoms with Crippen LogP contribution in [0.25, 0.3) is 10.9 Å². The van der Waals surface area contributed by atoms with E-state index in [9.17, 15) is 9.90 Å². The first-order chi connectivity index (χ1) is 10.1. The lowest BCUT2D eigenvalue weighted by atomic mass is 10.1. The molecule has 0 unspecified atom stereocenters. The first-order valence-electron chi connectivity index (χ1n) is 6.37. The predicted octanol–water partition coefficient (Wildman–Crippen LogP) is 3.43. The zero-order chi connectivity index (χ0) is 14.8. The third-order valence-corrected chi connectivity index (χ3v) is 3.10. The lowest BCUT2D eigenvalue weighted by molar-refractivity contribution is 0.0694. The van der Waals surface area contributed by atoms with E-state index in [1.54, 1.807) is 12.1 Å². The molecule has 2 aromatic carbocycles. The van der Waals surface area contributed by atoms with Gasteiger partial charge in [-0.2, -0.15) is 10.2 Å². The van der Waals surface area contributed by atoms with Crippen molar-refractivity contribution in [1.29, 1.82) is 0 Å². The summed E-state index contributed by atoms with van der Waals surface area (Å²) in [6, 6.07) is 12.4. The van der Waals surface area contributed by atoms with Crippen LogP contribution in [0.4, 0.5) is 0 Å². The minimum absolute atomic E-state index is 0.112. The number of carboxylic acids is 1. The quantitative estimate of drug-likeness (QED) is 0.795. The molecule has 21 heavy (non-hydrogen) atoms. The number of nitrogens with zero attached hydrogens (tertiary/aromatic N) is 2. The van der Waals surface area contributed by atoms with Crippen LogP contribution in [0.3, 0.4) is 0 Å². The van der Waals surface area contributed by atoms with Gasteiger partial charge in [-0.3, -0.25) is 0 Å². The fourth-order valence-corrected chi connectivity index (χ4v) is 2.07. The molecule has 1 aromatic heterocycles. The van der Waals surface area contributed by atoms with Gasteiger partial charge in [-0.25, -0.2) is 4.79 Å². The molecule has 3 rings (SSSR count). The van der Waals surface area contributed by atoms with Gasteiger partial charge in [-0.05, 0) is 36.8 Å². The van der Waals surface area contributed by atoms with Gasteiger partial charge < -0.3 is 9.84 Å². The highest BCUT2D eigenvalue weighted by Crippen LogP contribution is 2.30. The SMILES string of the molecule is Cc1ccc(C(=O)O)c(Oc2cnnc3ccccc23)c1. The molecule has 0 aliphatic heterocycles. The van der Waals surface area contributed by atoms with Gasteiger partial charge in [0, 0.05) is 5.39 Å². The standard InChI is InChI=1S/C16H12N2O3/c1-10-6-7-12(16(19)20)14(8-10)21-15-9-17-18-13-5-3-2-4-11(13)15/h2-9H,1H3,(H,19,20). The average molecular weight is 280 g/mol. The molecular formula is C16H12N2O3. The highest BCUT2D eigenvalue weighted by atomic mass is 16.5. The first-order valence-corrected chi connectivity index (χ1v) is 6.37. The summed E-state index contributed by atoms with van der Waals surface area (Å²) in [5, 5.41) is 17.9. The lowest BCUT2D eigenvalue weighted by Gasteiger charge is -2.10. The van der Waals surface area contributed by atoms with Gasteiger partial charge in [-0.1, -0.05) is 18.2 Å². The maximum absolute atomic E-state index is 11.3. The van der Waals surface area contributed by atoms with Crippen LogP contribution < -0.4 is 4.74 Å². The second-order valence-corrected chi connectivity index (χ2v) is 4.63. The van der Waals surface area contributed by atoms with E-state index in [0.717, 1.165) is 10.9 Å². The van der Waals surface area contributed by atoms with Gasteiger partial charge in [0.2, 0.25) is 0 Å². The molecule has 0 saturated carbocycles. The number of ether oxygens (including phenoxy) is 1. The molecule has 0 amide bonds. The Kier molecular flexibility index (Phi) is 3.23. The van der Waals surface area contributed by atoms with E-state index in [1.165, 1.54) is 12.3 Å². The number of rotatable bonds is 3. The highest BCUT2D eigenvalue weighted by molar-refractivity contribution is 5.91. The van der Waals surface area contributed by atoms with Gasteiger partial charge in [0.1, 0.15) is 11.3 Å². The Balaban J connectivity index is 2.11. The minimum Gasteiger partial charge on any atom is -0.478 e. The van der Waals surface area contributed by atoms with Crippen molar-refractivity contribution in [2.45, 2.75) is 6.92 Å². The van der Waals surface area contributed by atoms with E-state index in [2.05, 4.69) is 10.2 Å². The van der Waals surface area contributed by atoms with E-state index in [-0.39, 0.29) is 5.56 Å². The normalized spacial score (nSPS) is 10.5. The molecule has 1 heterocycles. The van der Waals surface area contributed by atoms with Crippen LogP contribution in [0.15, 0.2) is 48.7 Å². The summed E-state index contributed by atoms with van der Waals surface area (Å²) in [5.74, 6) is -0.259. The number of aromatic nitrogens is 2. The number of carbonyl (C=O) groups is 1. The van der Waals surface area contributed by atoms with Crippen molar-refractivity contribution in [2.24, 2.45) is 0 Å². The van der Waals surface area contributed by atoms with Crippen molar-refractivity contribution in [2.75, 3.05) is 0 Å². The average Bonchev–Trinajstić information content (AvgIpc) is 2.47. The van der Waals surface area contributed by atoms with Crippen LogP contribution in [0.5, 0.6) is 11.5 Å². The van der Waals surface area contributed by atoms with Gasteiger partial charge in [0.25, 0.3) is 0 Å². The van der Waals surface area contributed by atoms with Crippen LogP contribution in [0.2, 0.25) is 0 Å². The van der Waals surface area contributed by atoms with Crippen LogP contribution in [-0.4, -0.2) is 21.3 Å². The number of aromatic carboxylic acids is 1. The van der Waals surface area contributed by atoms with Crippen molar-refractivity contribution in [3.63, 3.8) is 0 Å². The number of aryl methyl sites for hydroxylation is 1. The number of fused-ring (bicyclic) bond motifs is 1. The molecule has 0 atom stereocenters. The summed E-state index contributed by atoms with van der Waals surface area (Å²) >= 11 is 0. The maximum atomic E-state index is 11.3. The lowest BCUT2D eigenvalue weighted by Crippen LogP contribution is -2.01. The molecule has 5 heteroatoms. The van der Waals surface area contributed by atoms with Crippen LogP contribution in [0.1, 0.15) is 15.9 Å². The molecule has 0 fully saturated rings. The fourth-order valence-electron chi connectivity index (χ4n) is 2.07. The number of hydrogen-bond acceptors (Lipinski definition) is 4. The van der Waals surface area contributed by atoms with E-state index in [4.69, 9.17) is 4.74 Å². The van der Waals surface area contributed by atoms with Crippen LogP contribution >= 0.6 is 0 Å². The monoisotopic (exact) mass is 280 g/mol. The summed E-state index contributed by atoms with van der Waals surface area (Å²) < 4.78 is 5.78. The Morgan fingerprint density at radius 1 is 1.14 bits per heavy atom. The number of benzene rings is 2. The third-order valence-electron chi connectivity index (χ3n) is 3.10. The zero-order valence-corrected chi connectivity index (χ0v) is 11.3. The van der Waals surface area contributed by atoms with Crippen LogP contribution in [0, 0.1) is 6.92 Å². The topological polar surface area (TPSA) is 72.3 Å². The number of carboxylic acid groups (broad SMARTS) is 1. The number of hydrogen-bond donors (Lipinski definition) is 1. The molecule has 0 saturated heterocycles. The smallest absolute Gasteiger partial charge is 0.339 e. The van der Waals surface area contributed by atoms with Gasteiger partial charge >= 0.3 is 5.97 Å². The van der Waals surface area contributed by atoms with E-state index in [1.807, 2.05) is 31.2 Å². The van der Waals surface area contributed by atoms with Crippen molar-refractivity contribution in [1.82, 2.24) is 10.2 Å².